The number of nitrogens with zero attached hydrogens (tertiary/aromatic N) is 5. The summed E-state index contributed by atoms with van der Waals surface area (Å²) in [6, 6.07) is 1.95. The molecule has 0 saturated carbocycles. The van der Waals surface area contributed by atoms with Crippen molar-refractivity contribution in [3.8, 4) is 0 Å². The molecule has 14 heavy (non-hydrogen) atoms. The van der Waals surface area contributed by atoms with Gasteiger partial charge in [-0.1, -0.05) is 0 Å². The van der Waals surface area contributed by atoms with Gasteiger partial charge in [0, 0.05) is 19.3 Å². The molecule has 0 bridgehead atoms. The van der Waals surface area contributed by atoms with Gasteiger partial charge in [-0.25, -0.2) is 4.98 Å². The van der Waals surface area contributed by atoms with Crippen LogP contribution in [0.25, 0.3) is 5.78 Å². The van der Waals surface area contributed by atoms with Crippen molar-refractivity contribution in [3.05, 3.63) is 18.6 Å². The van der Waals surface area contributed by atoms with Gasteiger partial charge in [0.15, 0.2) is 0 Å². The first-order valence-electron chi connectivity index (χ1n) is 4.76. The van der Waals surface area contributed by atoms with E-state index in [0.717, 1.165) is 18.9 Å². The summed E-state index contributed by atoms with van der Waals surface area (Å²) in [5.74, 6) is 1.69. The molecule has 2 aromatic rings. The van der Waals surface area contributed by atoms with E-state index in [1.807, 2.05) is 6.07 Å². The first kappa shape index (κ1) is 8.93. The molecule has 0 atom stereocenters. The SMILES string of the molecule is CCN(CC)c1ccnc2ncnn12. The maximum Gasteiger partial charge on any atom is 0.254 e. The van der Waals surface area contributed by atoms with Gasteiger partial charge in [0.05, 0.1) is 0 Å². The third-order valence-electron chi connectivity index (χ3n) is 2.25. The molecule has 0 radical (unpaired) electrons. The summed E-state index contributed by atoms with van der Waals surface area (Å²) in [4.78, 5) is 10.4. The van der Waals surface area contributed by atoms with Crippen LogP contribution in [-0.4, -0.2) is 32.7 Å². The lowest BCUT2D eigenvalue weighted by Gasteiger charge is -2.20. The van der Waals surface area contributed by atoms with Crippen molar-refractivity contribution in [1.82, 2.24) is 19.6 Å². The Balaban J connectivity index is 2.54. The van der Waals surface area contributed by atoms with Crippen molar-refractivity contribution in [3.63, 3.8) is 0 Å². The van der Waals surface area contributed by atoms with Gasteiger partial charge in [-0.15, -0.1) is 0 Å². The number of aromatic nitrogens is 4. The quantitative estimate of drug-likeness (QED) is 0.725. The predicted molar refractivity (Wildman–Crippen MR) is 54.3 cm³/mol. The zero-order valence-corrected chi connectivity index (χ0v) is 8.38. The molecule has 0 amide bonds. The summed E-state index contributed by atoms with van der Waals surface area (Å²) in [5, 5.41) is 4.14. The second-order valence-corrected chi connectivity index (χ2v) is 2.95. The molecule has 0 fully saturated rings. The molecule has 0 spiro atoms. The summed E-state index contributed by atoms with van der Waals surface area (Å²) in [6.45, 7) is 6.14. The number of rotatable bonds is 3. The Kier molecular flexibility index (Phi) is 2.30. The lowest BCUT2D eigenvalue weighted by Crippen LogP contribution is -2.24. The first-order chi connectivity index (χ1) is 6.86. The maximum absolute atomic E-state index is 4.14. The fourth-order valence-corrected chi connectivity index (χ4v) is 1.51. The van der Waals surface area contributed by atoms with E-state index in [1.54, 1.807) is 10.7 Å². The van der Waals surface area contributed by atoms with Crippen LogP contribution < -0.4 is 4.90 Å². The molecule has 0 unspecified atom stereocenters. The molecule has 2 heterocycles. The molecule has 0 aliphatic heterocycles. The van der Waals surface area contributed by atoms with Crippen LogP contribution >= 0.6 is 0 Å². The third kappa shape index (κ3) is 1.30. The molecule has 5 heteroatoms. The van der Waals surface area contributed by atoms with Gasteiger partial charge < -0.3 is 4.90 Å². The Hall–Kier alpha value is -1.65. The molecule has 0 saturated heterocycles. The average Bonchev–Trinajstić information content (AvgIpc) is 2.68. The molecule has 0 aliphatic carbocycles. The van der Waals surface area contributed by atoms with Gasteiger partial charge in [-0.05, 0) is 19.9 Å². The van der Waals surface area contributed by atoms with Crippen molar-refractivity contribution < 1.29 is 0 Å². The lowest BCUT2D eigenvalue weighted by atomic mass is 10.4. The summed E-state index contributed by atoms with van der Waals surface area (Å²) in [7, 11) is 0. The summed E-state index contributed by atoms with van der Waals surface area (Å²) in [5.41, 5.74) is 0. The van der Waals surface area contributed by atoms with Crippen LogP contribution in [0.5, 0.6) is 0 Å². The normalized spacial score (nSPS) is 10.7. The second-order valence-electron chi connectivity index (χ2n) is 2.95. The Morgan fingerprint density at radius 1 is 1.29 bits per heavy atom. The number of fused-ring (bicyclic) bond motifs is 1. The van der Waals surface area contributed by atoms with Crippen molar-refractivity contribution in [1.29, 1.82) is 0 Å². The molecule has 5 nitrogen and oxygen atoms in total. The Morgan fingerprint density at radius 2 is 2.07 bits per heavy atom. The standard InChI is InChI=1S/C9H13N5/c1-3-13(4-2)8-5-6-10-9-11-7-12-14(8)9/h5-7H,3-4H2,1-2H3. The summed E-state index contributed by atoms with van der Waals surface area (Å²) >= 11 is 0. The zero-order valence-electron chi connectivity index (χ0n) is 8.38. The Labute approximate surface area is 82.4 Å². The highest BCUT2D eigenvalue weighted by molar-refractivity contribution is 5.44. The Bertz CT molecular complexity index is 418. The van der Waals surface area contributed by atoms with Gasteiger partial charge in [0.2, 0.25) is 0 Å². The van der Waals surface area contributed by atoms with Gasteiger partial charge in [0.1, 0.15) is 12.1 Å². The fourth-order valence-electron chi connectivity index (χ4n) is 1.51. The average molecular weight is 191 g/mol. The molecule has 0 aliphatic rings. The molecule has 74 valence electrons. The van der Waals surface area contributed by atoms with Crippen LogP contribution in [0.3, 0.4) is 0 Å². The lowest BCUT2D eigenvalue weighted by molar-refractivity contribution is 0.799. The van der Waals surface area contributed by atoms with Crippen LogP contribution in [0.4, 0.5) is 5.82 Å². The predicted octanol–water partition coefficient (Wildman–Crippen LogP) is 0.970. The highest BCUT2D eigenvalue weighted by atomic mass is 15.4. The first-order valence-corrected chi connectivity index (χ1v) is 4.76. The van der Waals surface area contributed by atoms with E-state index in [1.165, 1.54) is 6.33 Å². The monoisotopic (exact) mass is 191 g/mol. The summed E-state index contributed by atoms with van der Waals surface area (Å²) in [6.07, 6.45) is 3.28. The van der Waals surface area contributed by atoms with Crippen LogP contribution in [0.15, 0.2) is 18.6 Å². The molecular formula is C9H13N5. The largest absolute Gasteiger partial charge is 0.357 e. The van der Waals surface area contributed by atoms with E-state index in [0.29, 0.717) is 5.78 Å². The van der Waals surface area contributed by atoms with E-state index in [-0.39, 0.29) is 0 Å². The minimum absolute atomic E-state index is 0.648. The van der Waals surface area contributed by atoms with E-state index < -0.39 is 0 Å². The van der Waals surface area contributed by atoms with Crippen LogP contribution in [0.2, 0.25) is 0 Å². The highest BCUT2D eigenvalue weighted by Gasteiger charge is 2.07. The van der Waals surface area contributed by atoms with Crippen molar-refractivity contribution in [2.24, 2.45) is 0 Å². The molecule has 0 N–H and O–H groups in total. The van der Waals surface area contributed by atoms with E-state index in [9.17, 15) is 0 Å². The molecule has 0 aromatic carbocycles. The van der Waals surface area contributed by atoms with Crippen molar-refractivity contribution in [2.45, 2.75) is 13.8 Å². The van der Waals surface area contributed by atoms with E-state index in [4.69, 9.17) is 0 Å². The van der Waals surface area contributed by atoms with E-state index in [2.05, 4.69) is 33.8 Å². The number of hydrogen-bond acceptors (Lipinski definition) is 4. The Morgan fingerprint density at radius 3 is 2.79 bits per heavy atom. The van der Waals surface area contributed by atoms with Gasteiger partial charge in [-0.3, -0.25) is 0 Å². The third-order valence-corrected chi connectivity index (χ3v) is 2.25. The number of anilines is 1. The van der Waals surface area contributed by atoms with Crippen molar-refractivity contribution in [2.75, 3.05) is 18.0 Å². The van der Waals surface area contributed by atoms with Gasteiger partial charge >= 0.3 is 0 Å². The minimum atomic E-state index is 0.648. The van der Waals surface area contributed by atoms with Crippen LogP contribution in [0.1, 0.15) is 13.8 Å². The van der Waals surface area contributed by atoms with Crippen LogP contribution in [-0.2, 0) is 0 Å². The number of hydrogen-bond donors (Lipinski definition) is 0. The second kappa shape index (κ2) is 3.61. The highest BCUT2D eigenvalue weighted by Crippen LogP contribution is 2.12. The smallest absolute Gasteiger partial charge is 0.254 e. The maximum atomic E-state index is 4.14. The molecule has 2 aromatic heterocycles. The topological polar surface area (TPSA) is 46.3 Å². The van der Waals surface area contributed by atoms with Crippen molar-refractivity contribution >= 4 is 11.6 Å². The van der Waals surface area contributed by atoms with Gasteiger partial charge in [-0.2, -0.15) is 14.6 Å². The zero-order chi connectivity index (χ0) is 9.97. The van der Waals surface area contributed by atoms with Crippen LogP contribution in [0, 0.1) is 0 Å². The molecule has 2 rings (SSSR count). The van der Waals surface area contributed by atoms with E-state index >= 15 is 0 Å². The van der Waals surface area contributed by atoms with Gasteiger partial charge in [0.25, 0.3) is 5.78 Å². The molecular weight excluding hydrogens is 178 g/mol. The minimum Gasteiger partial charge on any atom is -0.357 e. The summed E-state index contributed by atoms with van der Waals surface area (Å²) < 4.78 is 1.76. The fraction of sp³-hybridized carbons (Fsp3) is 0.444.